The normalized spacial score (nSPS) is 17.1. The van der Waals surface area contributed by atoms with Crippen LogP contribution in [0.25, 0.3) is 0 Å². The number of hydrogen-bond donors (Lipinski definition) is 0. The highest BCUT2D eigenvalue weighted by Crippen LogP contribution is 2.28. The number of hydrogen-bond acceptors (Lipinski definition) is 5. The van der Waals surface area contributed by atoms with Gasteiger partial charge in [0.25, 0.3) is 5.19 Å². The van der Waals surface area contributed by atoms with E-state index in [-0.39, 0.29) is 12.2 Å². The third-order valence-corrected chi connectivity index (χ3v) is 4.18. The highest BCUT2D eigenvalue weighted by atomic mass is 79.9. The van der Waals surface area contributed by atoms with Crippen molar-refractivity contribution in [1.29, 1.82) is 0 Å². The Kier molecular flexibility index (Phi) is 4.90. The topological polar surface area (TPSA) is 51.7 Å². The van der Waals surface area contributed by atoms with Crippen LogP contribution in [0, 0.1) is 0 Å². The van der Waals surface area contributed by atoms with Gasteiger partial charge < -0.3 is 14.4 Å². The maximum atomic E-state index is 11.9. The fraction of sp³-hybridized carbons (Fsp3) is 0.692. The molecule has 0 saturated carbocycles. The van der Waals surface area contributed by atoms with E-state index in [0.717, 1.165) is 16.6 Å². The Morgan fingerprint density at radius 2 is 2.10 bits per heavy atom. The van der Waals surface area contributed by atoms with Crippen LogP contribution in [0.3, 0.4) is 0 Å². The molecule has 5 nitrogen and oxygen atoms in total. The minimum absolute atomic E-state index is 0.117. The average molecular weight is 363 g/mol. The third kappa shape index (κ3) is 4.63. The second kappa shape index (κ2) is 6.30. The fourth-order valence-electron chi connectivity index (χ4n) is 1.92. The monoisotopic (exact) mass is 362 g/mol. The highest BCUT2D eigenvalue weighted by molar-refractivity contribution is 9.11. The van der Waals surface area contributed by atoms with Crippen molar-refractivity contribution in [2.75, 3.05) is 13.1 Å². The van der Waals surface area contributed by atoms with E-state index in [0.29, 0.717) is 18.3 Å². The molecule has 0 bridgehead atoms. The zero-order valence-electron chi connectivity index (χ0n) is 11.9. The lowest BCUT2D eigenvalue weighted by molar-refractivity contribution is 0.0126. The summed E-state index contributed by atoms with van der Waals surface area (Å²) in [6.45, 7) is 6.95. The number of aromatic nitrogens is 1. The van der Waals surface area contributed by atoms with E-state index in [9.17, 15) is 4.79 Å². The summed E-state index contributed by atoms with van der Waals surface area (Å²) in [5.41, 5.74) is -0.447. The minimum atomic E-state index is -0.447. The van der Waals surface area contributed by atoms with Gasteiger partial charge in [-0.3, -0.25) is 0 Å². The van der Waals surface area contributed by atoms with Gasteiger partial charge >= 0.3 is 6.09 Å². The molecule has 1 aliphatic rings. The second-order valence-corrected chi connectivity index (χ2v) is 8.09. The number of carbonyl (C=O) groups is 1. The Hall–Kier alpha value is -0.820. The molecule has 7 heteroatoms. The van der Waals surface area contributed by atoms with Crippen LogP contribution in [0.2, 0.25) is 0 Å². The van der Waals surface area contributed by atoms with Crippen molar-refractivity contribution in [3.63, 3.8) is 0 Å². The smallest absolute Gasteiger partial charge is 0.410 e. The molecule has 1 aromatic rings. The van der Waals surface area contributed by atoms with Gasteiger partial charge in [-0.1, -0.05) is 11.3 Å². The van der Waals surface area contributed by atoms with Crippen LogP contribution in [0.15, 0.2) is 9.98 Å². The van der Waals surface area contributed by atoms with Crippen molar-refractivity contribution in [2.24, 2.45) is 0 Å². The first-order valence-corrected chi connectivity index (χ1v) is 8.20. The zero-order chi connectivity index (χ0) is 14.8. The maximum Gasteiger partial charge on any atom is 0.410 e. The van der Waals surface area contributed by atoms with Gasteiger partial charge in [0, 0.05) is 25.9 Å². The molecule has 0 aliphatic carbocycles. The largest absolute Gasteiger partial charge is 0.467 e. The molecule has 0 atom stereocenters. The van der Waals surface area contributed by atoms with E-state index in [1.165, 1.54) is 11.3 Å². The first-order chi connectivity index (χ1) is 9.33. The van der Waals surface area contributed by atoms with Crippen molar-refractivity contribution in [1.82, 2.24) is 9.88 Å². The lowest BCUT2D eigenvalue weighted by Crippen LogP contribution is -2.44. The molecule has 112 valence electrons. The molecule has 1 aromatic heterocycles. The summed E-state index contributed by atoms with van der Waals surface area (Å²) in [7, 11) is 0. The van der Waals surface area contributed by atoms with E-state index in [1.54, 1.807) is 11.1 Å². The van der Waals surface area contributed by atoms with Crippen molar-refractivity contribution < 1.29 is 14.3 Å². The van der Waals surface area contributed by atoms with Gasteiger partial charge in [0.1, 0.15) is 11.7 Å². The molecule has 1 aliphatic heterocycles. The Morgan fingerprint density at radius 3 is 2.60 bits per heavy atom. The number of likely N-dealkylation sites (tertiary alicyclic amines) is 1. The van der Waals surface area contributed by atoms with E-state index in [2.05, 4.69) is 20.9 Å². The number of nitrogens with zero attached hydrogens (tertiary/aromatic N) is 2. The number of carbonyl (C=O) groups excluding carboxylic acids is 1. The Labute approximate surface area is 131 Å². The summed E-state index contributed by atoms with van der Waals surface area (Å²) < 4.78 is 12.1. The molecule has 20 heavy (non-hydrogen) atoms. The van der Waals surface area contributed by atoms with Gasteiger partial charge in [-0.2, -0.15) is 0 Å². The SMILES string of the molecule is CC(C)(C)OC(=O)N1CCC(Oc2ncc(Br)s2)CC1. The summed E-state index contributed by atoms with van der Waals surface area (Å²) in [5.74, 6) is 0. The molecule has 0 unspecified atom stereocenters. The van der Waals surface area contributed by atoms with Gasteiger partial charge in [0.05, 0.1) is 9.98 Å². The number of amides is 1. The Morgan fingerprint density at radius 1 is 1.45 bits per heavy atom. The third-order valence-electron chi connectivity index (χ3n) is 2.82. The minimum Gasteiger partial charge on any atom is -0.467 e. The predicted octanol–water partition coefficient (Wildman–Crippen LogP) is 3.68. The number of piperidine rings is 1. The quantitative estimate of drug-likeness (QED) is 0.804. The average Bonchev–Trinajstić information content (AvgIpc) is 2.73. The van der Waals surface area contributed by atoms with Crippen molar-refractivity contribution in [2.45, 2.75) is 45.3 Å². The molecule has 1 saturated heterocycles. The van der Waals surface area contributed by atoms with Crippen molar-refractivity contribution in [3.8, 4) is 5.19 Å². The van der Waals surface area contributed by atoms with Crippen molar-refractivity contribution >= 4 is 33.4 Å². The molecule has 2 rings (SSSR count). The van der Waals surface area contributed by atoms with Gasteiger partial charge in [-0.05, 0) is 36.7 Å². The predicted molar refractivity (Wildman–Crippen MR) is 81.3 cm³/mol. The van der Waals surface area contributed by atoms with Crippen LogP contribution in [0.5, 0.6) is 5.19 Å². The van der Waals surface area contributed by atoms with Crippen LogP contribution >= 0.6 is 27.3 Å². The molecule has 1 fully saturated rings. The molecule has 0 spiro atoms. The second-order valence-electron chi connectivity index (χ2n) is 5.71. The van der Waals surface area contributed by atoms with E-state index >= 15 is 0 Å². The number of ether oxygens (including phenoxy) is 2. The van der Waals surface area contributed by atoms with Gasteiger partial charge in [-0.25, -0.2) is 9.78 Å². The van der Waals surface area contributed by atoms with Gasteiger partial charge in [0.15, 0.2) is 0 Å². The van der Waals surface area contributed by atoms with Crippen LogP contribution in [0.4, 0.5) is 4.79 Å². The first kappa shape index (κ1) is 15.6. The standard InChI is InChI=1S/C13H19BrN2O3S/c1-13(2,3)19-12(17)16-6-4-9(5-7-16)18-11-15-8-10(14)20-11/h8-9H,4-7H2,1-3H3. The van der Waals surface area contributed by atoms with E-state index in [4.69, 9.17) is 9.47 Å². The summed E-state index contributed by atoms with van der Waals surface area (Å²) in [6, 6.07) is 0. The Balaban J connectivity index is 1.79. The number of thiazole rings is 1. The number of halogens is 1. The van der Waals surface area contributed by atoms with Gasteiger partial charge in [-0.15, -0.1) is 0 Å². The fourth-order valence-corrected chi connectivity index (χ4v) is 3.00. The van der Waals surface area contributed by atoms with E-state index < -0.39 is 5.60 Å². The van der Waals surface area contributed by atoms with Crippen LogP contribution in [-0.4, -0.2) is 40.8 Å². The summed E-state index contributed by atoms with van der Waals surface area (Å²) in [5, 5.41) is 0.674. The molecule has 0 aromatic carbocycles. The summed E-state index contributed by atoms with van der Waals surface area (Å²) in [4.78, 5) is 17.8. The molecule has 2 heterocycles. The molecular weight excluding hydrogens is 344 g/mol. The van der Waals surface area contributed by atoms with Crippen molar-refractivity contribution in [3.05, 3.63) is 9.98 Å². The molecular formula is C13H19BrN2O3S. The van der Waals surface area contributed by atoms with Crippen LogP contribution < -0.4 is 4.74 Å². The van der Waals surface area contributed by atoms with Gasteiger partial charge in [0.2, 0.25) is 0 Å². The molecule has 0 radical (unpaired) electrons. The molecule has 0 N–H and O–H groups in total. The molecule has 1 amide bonds. The maximum absolute atomic E-state index is 11.9. The zero-order valence-corrected chi connectivity index (χ0v) is 14.3. The highest BCUT2D eigenvalue weighted by Gasteiger charge is 2.27. The number of rotatable bonds is 2. The lowest BCUT2D eigenvalue weighted by atomic mass is 10.1. The summed E-state index contributed by atoms with van der Waals surface area (Å²) >= 11 is 4.83. The lowest BCUT2D eigenvalue weighted by Gasteiger charge is -2.33. The summed E-state index contributed by atoms with van der Waals surface area (Å²) in [6.07, 6.45) is 3.21. The van der Waals surface area contributed by atoms with Crippen LogP contribution in [0.1, 0.15) is 33.6 Å². The van der Waals surface area contributed by atoms with Crippen LogP contribution in [-0.2, 0) is 4.74 Å². The van der Waals surface area contributed by atoms with E-state index in [1.807, 2.05) is 20.8 Å². The first-order valence-electron chi connectivity index (χ1n) is 6.59. The Bertz CT molecular complexity index is 464.